The fraction of sp³-hybridized carbons (Fsp3) is 0.778. The van der Waals surface area contributed by atoms with E-state index in [1.54, 1.807) is 0 Å². The number of rotatable bonds is 2. The number of hydrogen-bond acceptors (Lipinski definition) is 3. The molecule has 5 nitrogen and oxygen atoms in total. The van der Waals surface area contributed by atoms with Crippen LogP contribution in [0, 0.1) is 0 Å². The van der Waals surface area contributed by atoms with Gasteiger partial charge in [-0.15, -0.1) is 11.8 Å². The van der Waals surface area contributed by atoms with Gasteiger partial charge in [0, 0.05) is 11.8 Å². The van der Waals surface area contributed by atoms with E-state index in [-0.39, 0.29) is 17.4 Å². The highest BCUT2D eigenvalue weighted by Gasteiger charge is 2.40. The number of nitrogens with one attached hydrogen (secondary N) is 1. The summed E-state index contributed by atoms with van der Waals surface area (Å²) in [6, 6.07) is -0.643. The van der Waals surface area contributed by atoms with Crippen LogP contribution < -0.4 is 5.32 Å². The fourth-order valence-electron chi connectivity index (χ4n) is 1.62. The molecule has 0 aromatic carbocycles. The highest BCUT2D eigenvalue weighted by Crippen LogP contribution is 2.29. The second-order valence-corrected chi connectivity index (χ2v) is 5.27. The second-order valence-electron chi connectivity index (χ2n) is 3.92. The van der Waals surface area contributed by atoms with Crippen LogP contribution in [0.3, 0.4) is 0 Å². The van der Waals surface area contributed by atoms with Crippen LogP contribution >= 0.6 is 11.8 Å². The lowest BCUT2D eigenvalue weighted by Crippen LogP contribution is -2.50. The zero-order chi connectivity index (χ0) is 11.0. The molecule has 15 heavy (non-hydrogen) atoms. The summed E-state index contributed by atoms with van der Waals surface area (Å²) in [5.41, 5.74) is 0. The van der Waals surface area contributed by atoms with Crippen molar-refractivity contribution in [2.24, 2.45) is 0 Å². The van der Waals surface area contributed by atoms with E-state index in [0.29, 0.717) is 5.75 Å². The van der Waals surface area contributed by atoms with Crippen molar-refractivity contribution in [1.82, 2.24) is 10.2 Å². The van der Waals surface area contributed by atoms with E-state index in [1.165, 1.54) is 16.7 Å². The molecule has 1 heterocycles. The molecule has 1 saturated carbocycles. The molecule has 0 radical (unpaired) electrons. The molecule has 2 atom stereocenters. The summed E-state index contributed by atoms with van der Waals surface area (Å²) in [4.78, 5) is 24.1. The molecule has 2 aliphatic rings. The first kappa shape index (κ1) is 10.6. The standard InChI is InChI=1S/C9H14N2O3S/c1-5-11(7(4-15-5)8(12)13)9(14)10-6-2-3-6/h5-7H,2-4H2,1H3,(H,10,14)(H,12,13). The molecule has 2 fully saturated rings. The quantitative estimate of drug-likeness (QED) is 0.733. The number of carboxylic acids is 1. The molecule has 2 unspecified atom stereocenters. The van der Waals surface area contributed by atoms with E-state index in [0.717, 1.165) is 12.8 Å². The molecule has 0 bridgehead atoms. The summed E-state index contributed by atoms with van der Waals surface area (Å²) in [6.07, 6.45) is 2.03. The number of carbonyl (C=O) groups is 2. The minimum atomic E-state index is -0.919. The van der Waals surface area contributed by atoms with Crippen molar-refractivity contribution in [3.05, 3.63) is 0 Å². The number of carbonyl (C=O) groups excluding carboxylic acids is 1. The molecule has 0 aromatic rings. The van der Waals surface area contributed by atoms with Crippen molar-refractivity contribution >= 4 is 23.8 Å². The topological polar surface area (TPSA) is 69.6 Å². The highest BCUT2D eigenvalue weighted by atomic mass is 32.2. The molecule has 1 saturated heterocycles. The van der Waals surface area contributed by atoms with Crippen molar-refractivity contribution in [2.75, 3.05) is 5.75 Å². The van der Waals surface area contributed by atoms with E-state index >= 15 is 0 Å². The first-order chi connectivity index (χ1) is 7.09. The van der Waals surface area contributed by atoms with Crippen LogP contribution in [-0.2, 0) is 4.79 Å². The van der Waals surface area contributed by atoms with E-state index in [4.69, 9.17) is 5.11 Å². The Bertz CT molecular complexity index is 293. The van der Waals surface area contributed by atoms with Crippen molar-refractivity contribution in [3.63, 3.8) is 0 Å². The van der Waals surface area contributed by atoms with Gasteiger partial charge in [0.15, 0.2) is 0 Å². The smallest absolute Gasteiger partial charge is 0.327 e. The van der Waals surface area contributed by atoms with Crippen LogP contribution in [0.15, 0.2) is 0 Å². The maximum absolute atomic E-state index is 11.8. The Morgan fingerprint density at radius 2 is 2.13 bits per heavy atom. The minimum Gasteiger partial charge on any atom is -0.480 e. The number of nitrogens with zero attached hydrogens (tertiary/aromatic N) is 1. The number of thioether (sulfide) groups is 1. The number of carboxylic acid groups (broad SMARTS) is 1. The Morgan fingerprint density at radius 3 is 2.67 bits per heavy atom. The van der Waals surface area contributed by atoms with Crippen LogP contribution in [0.25, 0.3) is 0 Å². The lowest BCUT2D eigenvalue weighted by molar-refractivity contribution is -0.141. The van der Waals surface area contributed by atoms with E-state index in [1.807, 2.05) is 6.92 Å². The normalized spacial score (nSPS) is 30.3. The zero-order valence-electron chi connectivity index (χ0n) is 8.47. The van der Waals surface area contributed by atoms with Crippen molar-refractivity contribution in [1.29, 1.82) is 0 Å². The van der Waals surface area contributed by atoms with Gasteiger partial charge < -0.3 is 10.4 Å². The third kappa shape index (κ3) is 2.19. The van der Waals surface area contributed by atoms with E-state index < -0.39 is 12.0 Å². The molecule has 2 N–H and O–H groups in total. The number of amides is 2. The van der Waals surface area contributed by atoms with Gasteiger partial charge in [-0.25, -0.2) is 9.59 Å². The van der Waals surface area contributed by atoms with Gasteiger partial charge in [0.25, 0.3) is 0 Å². The molecule has 1 aliphatic carbocycles. The number of urea groups is 1. The molecule has 2 amide bonds. The lowest BCUT2D eigenvalue weighted by Gasteiger charge is -2.25. The first-order valence-electron chi connectivity index (χ1n) is 5.03. The molecule has 2 rings (SSSR count). The highest BCUT2D eigenvalue weighted by molar-refractivity contribution is 8.00. The molecule has 0 spiro atoms. The predicted molar refractivity (Wildman–Crippen MR) is 56.7 cm³/mol. The predicted octanol–water partition coefficient (Wildman–Crippen LogP) is 0.706. The Hall–Kier alpha value is -0.910. The lowest BCUT2D eigenvalue weighted by atomic mass is 10.3. The zero-order valence-corrected chi connectivity index (χ0v) is 9.29. The molecular weight excluding hydrogens is 216 g/mol. The minimum absolute atomic E-state index is 0.0511. The third-order valence-corrected chi connectivity index (χ3v) is 3.87. The summed E-state index contributed by atoms with van der Waals surface area (Å²) in [7, 11) is 0. The fourth-order valence-corrected chi connectivity index (χ4v) is 2.79. The Kier molecular flexibility index (Phi) is 2.77. The molecule has 6 heteroatoms. The van der Waals surface area contributed by atoms with Crippen molar-refractivity contribution in [3.8, 4) is 0 Å². The molecular formula is C9H14N2O3S. The molecule has 0 aromatic heterocycles. The van der Waals surface area contributed by atoms with Gasteiger partial charge in [-0.05, 0) is 19.8 Å². The summed E-state index contributed by atoms with van der Waals surface area (Å²) in [5.74, 6) is -0.438. The number of hydrogen-bond donors (Lipinski definition) is 2. The maximum Gasteiger partial charge on any atom is 0.327 e. The monoisotopic (exact) mass is 230 g/mol. The van der Waals surface area contributed by atoms with Crippen molar-refractivity contribution in [2.45, 2.75) is 37.2 Å². The summed E-state index contributed by atoms with van der Waals surface area (Å²) >= 11 is 1.50. The van der Waals surface area contributed by atoms with E-state index in [2.05, 4.69) is 5.32 Å². The second kappa shape index (κ2) is 3.92. The van der Waals surface area contributed by atoms with Gasteiger partial charge in [0.1, 0.15) is 6.04 Å². The molecule has 1 aliphatic heterocycles. The largest absolute Gasteiger partial charge is 0.480 e. The molecule has 84 valence electrons. The van der Waals surface area contributed by atoms with Crippen LogP contribution in [0.4, 0.5) is 4.79 Å². The van der Waals surface area contributed by atoms with Gasteiger partial charge in [-0.1, -0.05) is 0 Å². The van der Waals surface area contributed by atoms with Crippen LogP contribution in [0.5, 0.6) is 0 Å². The van der Waals surface area contributed by atoms with Crippen LogP contribution in [0.2, 0.25) is 0 Å². The van der Waals surface area contributed by atoms with Gasteiger partial charge in [-0.3, -0.25) is 4.90 Å². The van der Waals surface area contributed by atoms with Gasteiger partial charge >= 0.3 is 12.0 Å². The maximum atomic E-state index is 11.8. The Morgan fingerprint density at radius 1 is 1.47 bits per heavy atom. The summed E-state index contributed by atoms with van der Waals surface area (Å²) in [6.45, 7) is 1.86. The van der Waals surface area contributed by atoms with E-state index in [9.17, 15) is 9.59 Å². The van der Waals surface area contributed by atoms with Crippen LogP contribution in [0.1, 0.15) is 19.8 Å². The SMILES string of the molecule is CC1SCC(C(=O)O)N1C(=O)NC1CC1. The average molecular weight is 230 g/mol. The summed E-state index contributed by atoms with van der Waals surface area (Å²) < 4.78 is 0. The van der Waals surface area contributed by atoms with Gasteiger partial charge in [-0.2, -0.15) is 0 Å². The number of aliphatic carboxylic acids is 1. The van der Waals surface area contributed by atoms with Crippen LogP contribution in [-0.4, -0.2) is 45.2 Å². The Labute approximate surface area is 92.2 Å². The van der Waals surface area contributed by atoms with Gasteiger partial charge in [0.2, 0.25) is 0 Å². The Balaban J connectivity index is 2.02. The average Bonchev–Trinajstić information content (AvgIpc) is 2.86. The summed E-state index contributed by atoms with van der Waals surface area (Å²) in [5, 5.41) is 11.7. The van der Waals surface area contributed by atoms with Gasteiger partial charge in [0.05, 0.1) is 5.37 Å². The van der Waals surface area contributed by atoms with Crippen molar-refractivity contribution < 1.29 is 14.7 Å². The first-order valence-corrected chi connectivity index (χ1v) is 6.07. The third-order valence-electron chi connectivity index (χ3n) is 2.65.